The molecule has 1 N–H and O–H groups in total. The number of rotatable bonds is 6. The third-order valence-electron chi connectivity index (χ3n) is 3.89. The topological polar surface area (TPSA) is 32.3 Å². The maximum atomic E-state index is 13.7. The number of nitrogens with one attached hydrogen (secondary N) is 1. The molecular weight excluding hydrogens is 350 g/mol. The number of halogens is 3. The van der Waals surface area contributed by atoms with Crippen molar-refractivity contribution in [1.29, 1.82) is 0 Å². The molecule has 6 heteroatoms. The summed E-state index contributed by atoms with van der Waals surface area (Å²) in [6.45, 7) is 2.58. The third-order valence-corrected chi connectivity index (χ3v) is 4.36. The highest BCUT2D eigenvalue weighted by Crippen LogP contribution is 2.22. The molecule has 0 aromatic heterocycles. The van der Waals surface area contributed by atoms with Gasteiger partial charge in [0, 0.05) is 29.1 Å². The van der Waals surface area contributed by atoms with E-state index in [-0.39, 0.29) is 24.1 Å². The van der Waals surface area contributed by atoms with E-state index in [1.54, 1.807) is 0 Å². The Morgan fingerprint density at radius 1 is 1.21 bits per heavy atom. The molecule has 128 valence electrons. The molecule has 24 heavy (non-hydrogen) atoms. The van der Waals surface area contributed by atoms with Crippen molar-refractivity contribution in [2.24, 2.45) is 0 Å². The number of hydrogen-bond acceptors (Lipinski definition) is 2. The molecule has 1 atom stereocenters. The van der Waals surface area contributed by atoms with Crippen molar-refractivity contribution in [2.45, 2.75) is 19.4 Å². The first-order valence-corrected chi connectivity index (χ1v) is 8.33. The van der Waals surface area contributed by atoms with Crippen LogP contribution in [0.25, 0.3) is 0 Å². The monoisotopic (exact) mass is 368 g/mol. The van der Waals surface area contributed by atoms with Crippen LogP contribution in [0.2, 0.25) is 10.0 Å². The largest absolute Gasteiger partial charge is 0.324 e. The number of hydrogen-bond donors (Lipinski definition) is 1. The Balaban J connectivity index is 1.88. The van der Waals surface area contributed by atoms with Crippen molar-refractivity contribution in [1.82, 2.24) is 4.90 Å². The minimum absolute atomic E-state index is 0.115. The molecule has 1 amide bonds. The summed E-state index contributed by atoms with van der Waals surface area (Å²) in [5.74, 6) is -0.794. The second-order valence-electron chi connectivity index (χ2n) is 5.63. The average Bonchev–Trinajstić information content (AvgIpc) is 2.54. The predicted octanol–water partition coefficient (Wildman–Crippen LogP) is 5.15. The normalized spacial score (nSPS) is 12.2. The van der Waals surface area contributed by atoms with E-state index in [1.165, 1.54) is 18.2 Å². The standard InChI is InChI=1S/C18H19Cl2FN2O/c1-12(13-4-3-5-14(19)10-13)23(2)9-8-18(24)22-17-7-6-15(20)11-16(17)21/h3-7,10-12H,8-9H2,1-2H3,(H,22,24). The first kappa shape index (κ1) is 18.7. The highest BCUT2D eigenvalue weighted by Gasteiger charge is 2.14. The molecule has 0 spiro atoms. The van der Waals surface area contributed by atoms with Gasteiger partial charge in [0.25, 0.3) is 0 Å². The van der Waals surface area contributed by atoms with Crippen LogP contribution in [0.15, 0.2) is 42.5 Å². The third kappa shape index (κ3) is 5.20. The van der Waals surface area contributed by atoms with Crippen LogP contribution in [-0.2, 0) is 4.79 Å². The Kier molecular flexibility index (Phi) is 6.60. The van der Waals surface area contributed by atoms with Crippen LogP contribution in [0.3, 0.4) is 0 Å². The number of carbonyl (C=O) groups is 1. The number of benzene rings is 2. The van der Waals surface area contributed by atoms with Gasteiger partial charge in [-0.3, -0.25) is 9.69 Å². The van der Waals surface area contributed by atoms with E-state index < -0.39 is 5.82 Å². The molecule has 3 nitrogen and oxygen atoms in total. The van der Waals surface area contributed by atoms with E-state index in [2.05, 4.69) is 5.32 Å². The zero-order chi connectivity index (χ0) is 17.7. The highest BCUT2D eigenvalue weighted by molar-refractivity contribution is 6.30. The van der Waals surface area contributed by atoms with Crippen molar-refractivity contribution in [2.75, 3.05) is 18.9 Å². The number of carbonyl (C=O) groups excluding carboxylic acids is 1. The summed E-state index contributed by atoms with van der Waals surface area (Å²) in [5, 5.41) is 3.54. The van der Waals surface area contributed by atoms with Crippen LogP contribution in [0.1, 0.15) is 24.9 Å². The van der Waals surface area contributed by atoms with Gasteiger partial charge in [-0.1, -0.05) is 35.3 Å². The van der Waals surface area contributed by atoms with Crippen molar-refractivity contribution in [3.05, 3.63) is 63.9 Å². The van der Waals surface area contributed by atoms with Crippen LogP contribution in [0, 0.1) is 5.82 Å². The molecule has 0 heterocycles. The van der Waals surface area contributed by atoms with Gasteiger partial charge in [-0.15, -0.1) is 0 Å². The summed E-state index contributed by atoms with van der Waals surface area (Å²) >= 11 is 11.7. The van der Waals surface area contributed by atoms with E-state index in [0.29, 0.717) is 16.6 Å². The van der Waals surface area contributed by atoms with Gasteiger partial charge < -0.3 is 5.32 Å². The lowest BCUT2D eigenvalue weighted by Crippen LogP contribution is -2.27. The molecule has 0 fully saturated rings. The molecule has 0 aliphatic rings. The van der Waals surface area contributed by atoms with Gasteiger partial charge in [0.2, 0.25) is 5.91 Å². The number of amides is 1. The molecule has 0 bridgehead atoms. The van der Waals surface area contributed by atoms with Crippen LogP contribution in [-0.4, -0.2) is 24.4 Å². The van der Waals surface area contributed by atoms with Crippen LogP contribution < -0.4 is 5.32 Å². The van der Waals surface area contributed by atoms with E-state index in [1.807, 2.05) is 43.1 Å². The number of nitrogens with zero attached hydrogens (tertiary/aromatic N) is 1. The van der Waals surface area contributed by atoms with Crippen LogP contribution in [0.5, 0.6) is 0 Å². The summed E-state index contributed by atoms with van der Waals surface area (Å²) in [4.78, 5) is 14.1. The lowest BCUT2D eigenvalue weighted by Gasteiger charge is -2.25. The second kappa shape index (κ2) is 8.47. The fraction of sp³-hybridized carbons (Fsp3) is 0.278. The molecule has 1 unspecified atom stereocenters. The minimum atomic E-state index is -0.545. The number of anilines is 1. The van der Waals surface area contributed by atoms with E-state index >= 15 is 0 Å². The van der Waals surface area contributed by atoms with Crippen LogP contribution >= 0.6 is 23.2 Å². The van der Waals surface area contributed by atoms with Crippen molar-refractivity contribution in [3.63, 3.8) is 0 Å². The Bertz CT molecular complexity index is 724. The Hall–Kier alpha value is -1.62. The van der Waals surface area contributed by atoms with Gasteiger partial charge in [0.05, 0.1) is 5.69 Å². The molecule has 0 saturated carbocycles. The molecule has 0 aliphatic heterocycles. The fourth-order valence-electron chi connectivity index (χ4n) is 2.30. The fourth-order valence-corrected chi connectivity index (χ4v) is 2.65. The SMILES string of the molecule is CC(c1cccc(Cl)c1)N(C)CCC(=O)Nc1ccc(Cl)cc1F. The summed E-state index contributed by atoms with van der Waals surface area (Å²) in [6.07, 6.45) is 0.253. The predicted molar refractivity (Wildman–Crippen MR) is 97.2 cm³/mol. The van der Waals surface area contributed by atoms with Gasteiger partial charge in [-0.2, -0.15) is 0 Å². The lowest BCUT2D eigenvalue weighted by atomic mass is 10.1. The Morgan fingerprint density at radius 2 is 1.92 bits per heavy atom. The summed E-state index contributed by atoms with van der Waals surface area (Å²) in [7, 11) is 1.93. The second-order valence-corrected chi connectivity index (χ2v) is 6.51. The maximum Gasteiger partial charge on any atom is 0.225 e. The maximum absolute atomic E-state index is 13.7. The molecule has 2 rings (SSSR count). The molecular formula is C18H19Cl2FN2O. The lowest BCUT2D eigenvalue weighted by molar-refractivity contribution is -0.116. The van der Waals surface area contributed by atoms with Crippen molar-refractivity contribution < 1.29 is 9.18 Å². The van der Waals surface area contributed by atoms with Gasteiger partial charge in [0.15, 0.2) is 0 Å². The van der Waals surface area contributed by atoms with E-state index in [4.69, 9.17) is 23.2 Å². The molecule has 0 radical (unpaired) electrons. The Morgan fingerprint density at radius 3 is 2.58 bits per heavy atom. The summed E-state index contributed by atoms with van der Waals surface area (Å²) in [5.41, 5.74) is 1.21. The first-order chi connectivity index (χ1) is 11.4. The van der Waals surface area contributed by atoms with E-state index in [9.17, 15) is 9.18 Å². The van der Waals surface area contributed by atoms with Gasteiger partial charge in [-0.05, 0) is 49.9 Å². The zero-order valence-electron chi connectivity index (χ0n) is 13.5. The van der Waals surface area contributed by atoms with Crippen molar-refractivity contribution in [3.8, 4) is 0 Å². The van der Waals surface area contributed by atoms with Crippen LogP contribution in [0.4, 0.5) is 10.1 Å². The quantitative estimate of drug-likeness (QED) is 0.763. The average molecular weight is 369 g/mol. The van der Waals surface area contributed by atoms with Gasteiger partial charge >= 0.3 is 0 Å². The molecule has 2 aromatic carbocycles. The highest BCUT2D eigenvalue weighted by atomic mass is 35.5. The molecule has 2 aromatic rings. The van der Waals surface area contributed by atoms with Gasteiger partial charge in [0.1, 0.15) is 5.82 Å². The van der Waals surface area contributed by atoms with E-state index in [0.717, 1.165) is 5.56 Å². The van der Waals surface area contributed by atoms with Gasteiger partial charge in [-0.25, -0.2) is 4.39 Å². The molecule has 0 saturated heterocycles. The summed E-state index contributed by atoms with van der Waals surface area (Å²) in [6, 6.07) is 11.9. The minimum Gasteiger partial charge on any atom is -0.324 e. The smallest absolute Gasteiger partial charge is 0.225 e. The first-order valence-electron chi connectivity index (χ1n) is 7.57. The van der Waals surface area contributed by atoms with Crippen molar-refractivity contribution >= 4 is 34.8 Å². The zero-order valence-corrected chi connectivity index (χ0v) is 15.0. The molecule has 0 aliphatic carbocycles. The Labute approximate surface area is 151 Å². The summed E-state index contributed by atoms with van der Waals surface area (Å²) < 4.78 is 13.7.